The molecule has 0 saturated heterocycles. The number of alkyl halides is 3. The number of fused-ring (bicyclic) bond motifs is 3. The highest BCUT2D eigenvalue weighted by Gasteiger charge is 2.43. The number of pyridine rings is 1. The summed E-state index contributed by atoms with van der Waals surface area (Å²) >= 11 is 5.97. The Labute approximate surface area is 164 Å². The molecular formula is C21H18ClF3N2O. The van der Waals surface area contributed by atoms with Gasteiger partial charge in [0.1, 0.15) is 6.54 Å². The third-order valence-corrected chi connectivity index (χ3v) is 5.61. The maximum absolute atomic E-state index is 13.4. The number of hydrogen-bond acceptors (Lipinski definition) is 2. The second-order valence-electron chi connectivity index (χ2n) is 7.27. The first kappa shape index (κ1) is 18.9. The van der Waals surface area contributed by atoms with Gasteiger partial charge in [-0.05, 0) is 47.9 Å². The summed E-state index contributed by atoms with van der Waals surface area (Å²) in [5.41, 5.74) is 3.32. The molecule has 146 valence electrons. The van der Waals surface area contributed by atoms with Crippen molar-refractivity contribution in [2.24, 2.45) is 0 Å². The summed E-state index contributed by atoms with van der Waals surface area (Å²) < 4.78 is 40.3. The average Bonchev–Trinajstić information content (AvgIpc) is 2.86. The molecule has 4 rings (SSSR count). The molecule has 1 N–H and O–H groups in total. The number of halogens is 4. The van der Waals surface area contributed by atoms with Crippen molar-refractivity contribution in [2.45, 2.75) is 32.0 Å². The van der Waals surface area contributed by atoms with E-state index in [0.29, 0.717) is 16.2 Å². The van der Waals surface area contributed by atoms with Crippen LogP contribution in [0.3, 0.4) is 0 Å². The molecule has 3 aromatic rings. The summed E-state index contributed by atoms with van der Waals surface area (Å²) in [6.45, 7) is 2.69. The zero-order chi connectivity index (χ0) is 20.2. The lowest BCUT2D eigenvalue weighted by Crippen LogP contribution is -2.35. The average molecular weight is 407 g/mol. The molecule has 0 spiro atoms. The Morgan fingerprint density at radius 3 is 2.46 bits per heavy atom. The summed E-state index contributed by atoms with van der Waals surface area (Å²) in [5.74, 6) is -0.202. The first-order valence-electron chi connectivity index (χ1n) is 8.91. The third-order valence-electron chi connectivity index (χ3n) is 5.36. The Morgan fingerprint density at radius 1 is 1.14 bits per heavy atom. The van der Waals surface area contributed by atoms with Gasteiger partial charge in [0.2, 0.25) is 5.56 Å². The van der Waals surface area contributed by atoms with E-state index in [1.807, 2.05) is 13.8 Å². The monoisotopic (exact) mass is 406 g/mol. The zero-order valence-corrected chi connectivity index (χ0v) is 16.0. The molecule has 2 aromatic carbocycles. The Morgan fingerprint density at radius 2 is 1.82 bits per heavy atom. The molecule has 0 amide bonds. The quantitative estimate of drug-likeness (QED) is 0.591. The predicted molar refractivity (Wildman–Crippen MR) is 105 cm³/mol. The number of benzene rings is 2. The molecule has 0 radical (unpaired) electrons. The second-order valence-corrected chi connectivity index (χ2v) is 7.70. The van der Waals surface area contributed by atoms with Gasteiger partial charge in [0.25, 0.3) is 0 Å². The fourth-order valence-corrected chi connectivity index (χ4v) is 4.50. The second kappa shape index (κ2) is 6.55. The number of nitrogens with one attached hydrogen (secondary N) is 1. The highest BCUT2D eigenvalue weighted by atomic mass is 35.5. The van der Waals surface area contributed by atoms with Crippen molar-refractivity contribution < 1.29 is 13.2 Å². The van der Waals surface area contributed by atoms with Gasteiger partial charge in [-0.25, -0.2) is 0 Å². The Balaban J connectivity index is 1.96. The number of H-pyrrole nitrogens is 1. The summed E-state index contributed by atoms with van der Waals surface area (Å²) in [5, 5.41) is 1.35. The minimum absolute atomic E-state index is 0.202. The molecule has 2 atom stereocenters. The first-order valence-corrected chi connectivity index (χ1v) is 9.29. The number of aromatic amines is 1. The molecule has 1 aliphatic heterocycles. The molecule has 7 heteroatoms. The molecule has 0 aliphatic carbocycles. The van der Waals surface area contributed by atoms with Crippen molar-refractivity contribution in [1.29, 1.82) is 0 Å². The minimum atomic E-state index is -4.35. The standard InChI is InChI=1S/C21H18ClF3N2O/c1-11-9-17(28)26-15-7-8-16-19(18(11)15)12(2)20(27(16)10-21(23,24)25)13-3-5-14(22)6-4-13/h3-9,12,20H,10H2,1-2H3,(H,26,28). The van der Waals surface area contributed by atoms with Crippen molar-refractivity contribution in [2.75, 3.05) is 11.4 Å². The Bertz CT molecular complexity index is 1110. The van der Waals surface area contributed by atoms with E-state index in [2.05, 4.69) is 4.98 Å². The Kier molecular flexibility index (Phi) is 4.42. The van der Waals surface area contributed by atoms with Crippen LogP contribution < -0.4 is 10.5 Å². The molecule has 3 nitrogen and oxygen atoms in total. The molecule has 2 heterocycles. The molecule has 28 heavy (non-hydrogen) atoms. The molecule has 0 bridgehead atoms. The van der Waals surface area contributed by atoms with Gasteiger partial charge in [0.15, 0.2) is 0 Å². The van der Waals surface area contributed by atoms with Crippen LogP contribution in [0.5, 0.6) is 0 Å². The van der Waals surface area contributed by atoms with Crippen molar-refractivity contribution >= 4 is 28.2 Å². The maximum Gasteiger partial charge on any atom is 0.405 e. The van der Waals surface area contributed by atoms with Gasteiger partial charge in [-0.1, -0.05) is 30.7 Å². The smallest absolute Gasteiger partial charge is 0.355 e. The number of nitrogens with zero attached hydrogens (tertiary/aromatic N) is 1. The molecule has 0 fully saturated rings. The van der Waals surface area contributed by atoms with E-state index in [4.69, 9.17) is 11.6 Å². The van der Waals surface area contributed by atoms with E-state index < -0.39 is 18.8 Å². The van der Waals surface area contributed by atoms with E-state index in [1.54, 1.807) is 36.4 Å². The topological polar surface area (TPSA) is 36.1 Å². The maximum atomic E-state index is 13.4. The molecule has 0 saturated carbocycles. The largest absolute Gasteiger partial charge is 0.405 e. The van der Waals surface area contributed by atoms with Crippen LogP contribution in [0.4, 0.5) is 18.9 Å². The van der Waals surface area contributed by atoms with Gasteiger partial charge in [0, 0.05) is 33.6 Å². The van der Waals surface area contributed by atoms with Gasteiger partial charge in [-0.15, -0.1) is 0 Å². The predicted octanol–water partition coefficient (Wildman–Crippen LogP) is 5.72. The summed E-state index contributed by atoms with van der Waals surface area (Å²) in [6, 6.07) is 11.3. The number of anilines is 1. The molecule has 2 unspecified atom stereocenters. The van der Waals surface area contributed by atoms with E-state index in [1.165, 1.54) is 11.0 Å². The van der Waals surface area contributed by atoms with Gasteiger partial charge >= 0.3 is 6.18 Å². The van der Waals surface area contributed by atoms with Crippen LogP contribution in [-0.2, 0) is 0 Å². The Hall–Kier alpha value is -2.47. The summed E-state index contributed by atoms with van der Waals surface area (Å²) in [4.78, 5) is 16.0. The van der Waals surface area contributed by atoms with Crippen molar-refractivity contribution in [1.82, 2.24) is 4.98 Å². The first-order chi connectivity index (χ1) is 13.2. The van der Waals surface area contributed by atoms with Gasteiger partial charge in [-0.3, -0.25) is 4.79 Å². The minimum Gasteiger partial charge on any atom is -0.355 e. The fraction of sp³-hybridized carbons (Fsp3) is 0.286. The van der Waals surface area contributed by atoms with E-state index in [9.17, 15) is 18.0 Å². The van der Waals surface area contributed by atoms with Crippen LogP contribution >= 0.6 is 11.6 Å². The lowest BCUT2D eigenvalue weighted by Gasteiger charge is -2.30. The van der Waals surface area contributed by atoms with Crippen LogP contribution in [0.25, 0.3) is 10.9 Å². The van der Waals surface area contributed by atoms with E-state index in [0.717, 1.165) is 22.1 Å². The van der Waals surface area contributed by atoms with Gasteiger partial charge in [-0.2, -0.15) is 13.2 Å². The highest BCUT2D eigenvalue weighted by Crippen LogP contribution is 2.52. The van der Waals surface area contributed by atoms with Crippen LogP contribution in [0.1, 0.15) is 35.6 Å². The van der Waals surface area contributed by atoms with Crippen LogP contribution in [0.2, 0.25) is 5.02 Å². The van der Waals surface area contributed by atoms with Crippen molar-refractivity contribution in [3.8, 4) is 0 Å². The third kappa shape index (κ3) is 3.15. The summed E-state index contributed by atoms with van der Waals surface area (Å²) in [6.07, 6.45) is -4.35. The molecular weight excluding hydrogens is 389 g/mol. The molecule has 1 aliphatic rings. The SMILES string of the molecule is Cc1cc(=O)[nH]c2ccc3c(c12)C(C)C(c1ccc(Cl)cc1)N3CC(F)(F)F. The van der Waals surface area contributed by atoms with Crippen molar-refractivity contribution in [3.63, 3.8) is 0 Å². The van der Waals surface area contributed by atoms with Crippen LogP contribution in [-0.4, -0.2) is 17.7 Å². The van der Waals surface area contributed by atoms with Crippen LogP contribution in [0, 0.1) is 6.92 Å². The number of aryl methyl sites for hydroxylation is 1. The van der Waals surface area contributed by atoms with Crippen molar-refractivity contribution in [3.05, 3.63) is 74.5 Å². The van der Waals surface area contributed by atoms with E-state index in [-0.39, 0.29) is 11.5 Å². The van der Waals surface area contributed by atoms with Gasteiger partial charge < -0.3 is 9.88 Å². The normalized spacial score (nSPS) is 19.3. The molecule has 1 aromatic heterocycles. The number of hydrogen-bond donors (Lipinski definition) is 1. The lowest BCUT2D eigenvalue weighted by molar-refractivity contribution is -0.120. The number of aromatic nitrogens is 1. The fourth-order valence-electron chi connectivity index (χ4n) is 4.37. The van der Waals surface area contributed by atoms with Crippen LogP contribution in [0.15, 0.2) is 47.3 Å². The zero-order valence-electron chi connectivity index (χ0n) is 15.3. The lowest BCUT2D eigenvalue weighted by atomic mass is 9.88. The summed E-state index contributed by atoms with van der Waals surface area (Å²) in [7, 11) is 0. The highest BCUT2D eigenvalue weighted by molar-refractivity contribution is 6.30. The number of rotatable bonds is 2. The van der Waals surface area contributed by atoms with E-state index >= 15 is 0 Å². The van der Waals surface area contributed by atoms with Gasteiger partial charge in [0.05, 0.1) is 6.04 Å².